The maximum Gasteiger partial charge on any atom is 0.258 e. The minimum absolute atomic E-state index is 0.121. The van der Waals surface area contributed by atoms with E-state index >= 15 is 0 Å². The summed E-state index contributed by atoms with van der Waals surface area (Å²) in [6.07, 6.45) is 0. The van der Waals surface area contributed by atoms with Gasteiger partial charge >= 0.3 is 0 Å². The average Bonchev–Trinajstić information content (AvgIpc) is 3.09. The third-order valence-electron chi connectivity index (χ3n) is 3.19. The summed E-state index contributed by atoms with van der Waals surface area (Å²) in [5.74, 6) is 0.902. The van der Waals surface area contributed by atoms with Gasteiger partial charge < -0.3 is 14.6 Å². The van der Waals surface area contributed by atoms with Gasteiger partial charge in [-0.15, -0.1) is 0 Å². The zero-order chi connectivity index (χ0) is 17.6. The SMILES string of the molecule is O=C(COc1ccc(Br)cc1Cl)NCc1nc(-c2ccccc2)no1. The van der Waals surface area contributed by atoms with Gasteiger partial charge in [0.2, 0.25) is 11.7 Å². The van der Waals surface area contributed by atoms with Gasteiger partial charge in [-0.25, -0.2) is 0 Å². The number of benzene rings is 2. The van der Waals surface area contributed by atoms with E-state index in [1.807, 2.05) is 30.3 Å². The number of aromatic nitrogens is 2. The fourth-order valence-electron chi connectivity index (χ4n) is 1.99. The second-order valence-electron chi connectivity index (χ2n) is 5.02. The van der Waals surface area contributed by atoms with E-state index in [2.05, 4.69) is 31.4 Å². The lowest BCUT2D eigenvalue weighted by Crippen LogP contribution is -2.28. The Morgan fingerprint density at radius 2 is 2.04 bits per heavy atom. The van der Waals surface area contributed by atoms with Crippen LogP contribution in [0.1, 0.15) is 5.89 Å². The number of carbonyl (C=O) groups is 1. The molecule has 0 fully saturated rings. The zero-order valence-electron chi connectivity index (χ0n) is 12.9. The molecule has 0 radical (unpaired) electrons. The topological polar surface area (TPSA) is 77.2 Å². The van der Waals surface area contributed by atoms with Crippen molar-refractivity contribution in [1.82, 2.24) is 15.5 Å². The predicted octanol–water partition coefficient (Wildman–Crippen LogP) is 3.85. The molecule has 0 aliphatic rings. The number of hydrogen-bond acceptors (Lipinski definition) is 5. The van der Waals surface area contributed by atoms with Crippen molar-refractivity contribution in [3.8, 4) is 17.1 Å². The summed E-state index contributed by atoms with van der Waals surface area (Å²) in [5.41, 5.74) is 0.844. The molecule has 3 rings (SSSR count). The number of nitrogens with one attached hydrogen (secondary N) is 1. The molecule has 0 bridgehead atoms. The van der Waals surface area contributed by atoms with Crippen molar-refractivity contribution >= 4 is 33.4 Å². The van der Waals surface area contributed by atoms with Crippen molar-refractivity contribution in [2.75, 3.05) is 6.61 Å². The molecule has 1 aromatic heterocycles. The molecule has 128 valence electrons. The highest BCUT2D eigenvalue weighted by molar-refractivity contribution is 9.10. The first kappa shape index (κ1) is 17.4. The molecule has 0 aliphatic heterocycles. The molecule has 0 aliphatic carbocycles. The quantitative estimate of drug-likeness (QED) is 0.653. The Bertz CT molecular complexity index is 871. The van der Waals surface area contributed by atoms with E-state index in [0.717, 1.165) is 10.0 Å². The van der Waals surface area contributed by atoms with Crippen molar-refractivity contribution in [2.45, 2.75) is 6.54 Å². The highest BCUT2D eigenvalue weighted by Gasteiger charge is 2.11. The molecule has 1 N–H and O–H groups in total. The van der Waals surface area contributed by atoms with Crippen LogP contribution in [-0.2, 0) is 11.3 Å². The summed E-state index contributed by atoms with van der Waals surface area (Å²) in [6, 6.07) is 14.6. The van der Waals surface area contributed by atoms with E-state index in [0.29, 0.717) is 22.5 Å². The maximum atomic E-state index is 11.9. The summed E-state index contributed by atoms with van der Waals surface area (Å²) < 4.78 is 11.3. The molecule has 1 amide bonds. The summed E-state index contributed by atoms with van der Waals surface area (Å²) in [7, 11) is 0. The summed E-state index contributed by atoms with van der Waals surface area (Å²) in [6.45, 7) is -0.0445. The Morgan fingerprint density at radius 3 is 2.80 bits per heavy atom. The van der Waals surface area contributed by atoms with E-state index in [4.69, 9.17) is 20.9 Å². The number of nitrogens with zero attached hydrogens (tertiary/aromatic N) is 2. The van der Waals surface area contributed by atoms with Crippen LogP contribution in [-0.4, -0.2) is 22.7 Å². The second-order valence-corrected chi connectivity index (χ2v) is 6.34. The molecule has 2 aromatic carbocycles. The largest absolute Gasteiger partial charge is 0.482 e. The normalized spacial score (nSPS) is 10.5. The fourth-order valence-corrected chi connectivity index (χ4v) is 2.72. The molecule has 8 heteroatoms. The van der Waals surface area contributed by atoms with Gasteiger partial charge in [0.05, 0.1) is 11.6 Å². The van der Waals surface area contributed by atoms with Gasteiger partial charge in [0.15, 0.2) is 6.61 Å². The predicted molar refractivity (Wildman–Crippen MR) is 96.2 cm³/mol. The number of amides is 1. The molecule has 0 atom stereocenters. The van der Waals surface area contributed by atoms with Gasteiger partial charge in [-0.2, -0.15) is 4.98 Å². The molecule has 1 heterocycles. The van der Waals surface area contributed by atoms with Crippen molar-refractivity contribution < 1.29 is 14.1 Å². The average molecular weight is 423 g/mol. The van der Waals surface area contributed by atoms with Crippen LogP contribution in [0, 0.1) is 0 Å². The van der Waals surface area contributed by atoms with E-state index in [1.165, 1.54) is 0 Å². The van der Waals surface area contributed by atoms with E-state index < -0.39 is 0 Å². The maximum absolute atomic E-state index is 11.9. The second kappa shape index (κ2) is 8.13. The van der Waals surface area contributed by atoms with Crippen LogP contribution >= 0.6 is 27.5 Å². The first-order chi connectivity index (χ1) is 12.1. The Hall–Kier alpha value is -2.38. The molecule has 0 unspecified atom stereocenters. The lowest BCUT2D eigenvalue weighted by molar-refractivity contribution is -0.123. The molecular formula is C17H13BrClN3O3. The van der Waals surface area contributed by atoms with Crippen LogP contribution in [0.25, 0.3) is 11.4 Å². The zero-order valence-corrected chi connectivity index (χ0v) is 15.3. The van der Waals surface area contributed by atoms with Crippen LogP contribution in [0.4, 0.5) is 0 Å². The number of halogens is 2. The van der Waals surface area contributed by atoms with Crippen molar-refractivity contribution in [3.05, 3.63) is 63.9 Å². The van der Waals surface area contributed by atoms with Crippen LogP contribution in [0.5, 0.6) is 5.75 Å². The number of ether oxygens (including phenoxy) is 1. The summed E-state index contributed by atoms with van der Waals surface area (Å²) >= 11 is 9.33. The first-order valence-electron chi connectivity index (χ1n) is 7.34. The van der Waals surface area contributed by atoms with Gasteiger partial charge in [0.1, 0.15) is 5.75 Å². The Kier molecular flexibility index (Phi) is 5.67. The van der Waals surface area contributed by atoms with Crippen LogP contribution in [0.15, 0.2) is 57.5 Å². The molecule has 0 saturated carbocycles. The third-order valence-corrected chi connectivity index (χ3v) is 3.98. The summed E-state index contributed by atoms with van der Waals surface area (Å²) in [5, 5.41) is 6.96. The lowest BCUT2D eigenvalue weighted by Gasteiger charge is -2.08. The number of rotatable bonds is 6. The van der Waals surface area contributed by atoms with Gasteiger partial charge in [-0.3, -0.25) is 4.79 Å². The van der Waals surface area contributed by atoms with Crippen molar-refractivity contribution in [1.29, 1.82) is 0 Å². The molecule has 0 spiro atoms. The van der Waals surface area contributed by atoms with Gasteiger partial charge in [-0.1, -0.05) is 63.0 Å². The molecule has 25 heavy (non-hydrogen) atoms. The first-order valence-corrected chi connectivity index (χ1v) is 8.51. The standard InChI is InChI=1S/C17H13BrClN3O3/c18-12-6-7-14(13(19)8-12)24-10-15(23)20-9-16-21-17(22-25-16)11-4-2-1-3-5-11/h1-8H,9-10H2,(H,20,23). The highest BCUT2D eigenvalue weighted by atomic mass is 79.9. The van der Waals surface area contributed by atoms with Crippen molar-refractivity contribution in [2.24, 2.45) is 0 Å². The number of hydrogen-bond donors (Lipinski definition) is 1. The van der Waals surface area contributed by atoms with E-state index in [1.54, 1.807) is 18.2 Å². The van der Waals surface area contributed by atoms with Crippen LogP contribution < -0.4 is 10.1 Å². The minimum Gasteiger partial charge on any atom is -0.482 e. The Balaban J connectivity index is 1.50. The molecule has 0 saturated heterocycles. The third kappa shape index (κ3) is 4.80. The Morgan fingerprint density at radius 1 is 1.24 bits per heavy atom. The highest BCUT2D eigenvalue weighted by Crippen LogP contribution is 2.27. The van der Waals surface area contributed by atoms with Crippen LogP contribution in [0.3, 0.4) is 0 Å². The number of carbonyl (C=O) groups excluding carboxylic acids is 1. The van der Waals surface area contributed by atoms with E-state index in [-0.39, 0.29) is 19.1 Å². The molecular weight excluding hydrogens is 410 g/mol. The molecule has 6 nitrogen and oxygen atoms in total. The minimum atomic E-state index is -0.321. The van der Waals surface area contributed by atoms with Gasteiger partial charge in [0.25, 0.3) is 5.91 Å². The fraction of sp³-hybridized carbons (Fsp3) is 0.118. The van der Waals surface area contributed by atoms with Gasteiger partial charge in [0, 0.05) is 10.0 Å². The van der Waals surface area contributed by atoms with E-state index in [9.17, 15) is 4.79 Å². The van der Waals surface area contributed by atoms with Crippen molar-refractivity contribution in [3.63, 3.8) is 0 Å². The van der Waals surface area contributed by atoms with Crippen LogP contribution in [0.2, 0.25) is 5.02 Å². The lowest BCUT2D eigenvalue weighted by atomic mass is 10.2. The molecule has 3 aromatic rings. The smallest absolute Gasteiger partial charge is 0.258 e. The summed E-state index contributed by atoms with van der Waals surface area (Å²) in [4.78, 5) is 16.1. The van der Waals surface area contributed by atoms with Gasteiger partial charge in [-0.05, 0) is 18.2 Å². The Labute approximate surface area is 157 Å². The monoisotopic (exact) mass is 421 g/mol.